The molecule has 3 nitrogen and oxygen atoms in total. The lowest BCUT2D eigenvalue weighted by Crippen LogP contribution is -2.41. The van der Waals surface area contributed by atoms with Gasteiger partial charge in [-0.05, 0) is 29.7 Å². The molecule has 0 aliphatic rings. The molecule has 108 valence electrons. The Kier molecular flexibility index (Phi) is 5.99. The first-order valence-electron chi connectivity index (χ1n) is 6.67. The van der Waals surface area contributed by atoms with Crippen molar-refractivity contribution in [3.8, 4) is 0 Å². The summed E-state index contributed by atoms with van der Waals surface area (Å²) >= 11 is 0. The number of nitrogens with two attached hydrogens (primary N) is 1. The smallest absolute Gasteiger partial charge is 0.237 e. The molecule has 2 aromatic rings. The van der Waals surface area contributed by atoms with Crippen molar-refractivity contribution in [2.24, 2.45) is 5.73 Å². The number of hydrogen-bond donors (Lipinski definition) is 2. The van der Waals surface area contributed by atoms with Gasteiger partial charge >= 0.3 is 0 Å². The number of hydrogen-bond acceptors (Lipinski definition) is 2. The van der Waals surface area contributed by atoms with E-state index in [-0.39, 0.29) is 24.4 Å². The van der Waals surface area contributed by atoms with Gasteiger partial charge in [0.25, 0.3) is 0 Å². The molecular weight excluding hydrogens is 272 g/mol. The van der Waals surface area contributed by atoms with Gasteiger partial charge in [0.05, 0.1) is 12.1 Å². The minimum atomic E-state index is -0.433. The summed E-state index contributed by atoms with van der Waals surface area (Å²) in [6.07, 6.45) is 0.647. The third kappa shape index (κ3) is 3.50. The minimum absolute atomic E-state index is 0. The average molecular weight is 293 g/mol. The molecule has 3 N–H and O–H groups in total. The van der Waals surface area contributed by atoms with Crippen LogP contribution in [0.3, 0.4) is 0 Å². The van der Waals surface area contributed by atoms with Gasteiger partial charge < -0.3 is 11.1 Å². The highest BCUT2D eigenvalue weighted by atomic mass is 35.5. The maximum atomic E-state index is 11.9. The predicted octanol–water partition coefficient (Wildman–Crippen LogP) is 3.18. The molecule has 0 saturated carbocycles. The molecule has 0 fully saturated rings. The monoisotopic (exact) mass is 292 g/mol. The Labute approximate surface area is 126 Å². The Morgan fingerprint density at radius 3 is 2.55 bits per heavy atom. The predicted molar refractivity (Wildman–Crippen MR) is 86.0 cm³/mol. The van der Waals surface area contributed by atoms with E-state index < -0.39 is 6.04 Å². The van der Waals surface area contributed by atoms with Crippen LogP contribution in [0.1, 0.15) is 31.9 Å². The number of benzene rings is 2. The van der Waals surface area contributed by atoms with E-state index in [0.717, 1.165) is 5.56 Å². The van der Waals surface area contributed by atoms with Gasteiger partial charge in [0.15, 0.2) is 0 Å². The highest BCUT2D eigenvalue weighted by Crippen LogP contribution is 2.23. The molecule has 2 aromatic carbocycles. The molecule has 2 rings (SSSR count). The summed E-state index contributed by atoms with van der Waals surface area (Å²) in [6, 6.07) is 13.8. The van der Waals surface area contributed by atoms with Gasteiger partial charge in [-0.3, -0.25) is 4.79 Å². The van der Waals surface area contributed by atoms with E-state index in [1.54, 1.807) is 0 Å². The summed E-state index contributed by atoms with van der Waals surface area (Å²) in [4.78, 5) is 11.9. The molecule has 2 atom stereocenters. The van der Waals surface area contributed by atoms with Gasteiger partial charge in [-0.1, -0.05) is 49.4 Å². The molecule has 4 heteroatoms. The summed E-state index contributed by atoms with van der Waals surface area (Å²) in [7, 11) is 0. The van der Waals surface area contributed by atoms with E-state index >= 15 is 0 Å². The molecule has 0 aromatic heterocycles. The summed E-state index contributed by atoms with van der Waals surface area (Å²) in [5.74, 6) is -0.0945. The topological polar surface area (TPSA) is 55.1 Å². The maximum absolute atomic E-state index is 11.9. The Morgan fingerprint density at radius 1 is 1.20 bits per heavy atom. The fourth-order valence-electron chi connectivity index (χ4n) is 2.21. The standard InChI is InChI=1S/C16H20N2O.ClH/c1-3-15(17)16(19)18-11(2)13-10-6-8-12-7-4-5-9-14(12)13;/h4-11,15H,3,17H2,1-2H3,(H,18,19);1H/t11?,15-;/m0./s1. The lowest BCUT2D eigenvalue weighted by molar-refractivity contribution is -0.123. The van der Waals surface area contributed by atoms with E-state index in [1.165, 1.54) is 10.8 Å². The Morgan fingerprint density at radius 2 is 1.85 bits per heavy atom. The van der Waals surface area contributed by atoms with Gasteiger partial charge in [0.1, 0.15) is 0 Å². The number of rotatable bonds is 4. The van der Waals surface area contributed by atoms with Gasteiger partial charge in [-0.15, -0.1) is 12.4 Å². The van der Waals surface area contributed by atoms with Crippen molar-refractivity contribution >= 4 is 29.1 Å². The quantitative estimate of drug-likeness (QED) is 0.909. The van der Waals surface area contributed by atoms with Gasteiger partial charge in [-0.2, -0.15) is 0 Å². The summed E-state index contributed by atoms with van der Waals surface area (Å²) in [6.45, 7) is 3.90. The number of amides is 1. The number of fused-ring (bicyclic) bond motifs is 1. The summed E-state index contributed by atoms with van der Waals surface area (Å²) in [5, 5.41) is 5.33. The normalized spacial score (nSPS) is 13.3. The van der Waals surface area contributed by atoms with Crippen LogP contribution in [-0.2, 0) is 4.79 Å². The number of halogens is 1. The van der Waals surface area contributed by atoms with E-state index in [0.29, 0.717) is 6.42 Å². The molecular formula is C16H21ClN2O. The molecule has 0 aliphatic carbocycles. The molecule has 1 unspecified atom stereocenters. The summed E-state index contributed by atoms with van der Waals surface area (Å²) in [5.41, 5.74) is 6.86. The van der Waals surface area contributed by atoms with Crippen molar-refractivity contribution in [3.63, 3.8) is 0 Å². The first kappa shape index (κ1) is 16.5. The van der Waals surface area contributed by atoms with Gasteiger partial charge in [0.2, 0.25) is 5.91 Å². The average Bonchev–Trinajstić information content (AvgIpc) is 2.45. The fraction of sp³-hybridized carbons (Fsp3) is 0.312. The number of carbonyl (C=O) groups is 1. The van der Waals surface area contributed by atoms with Crippen molar-refractivity contribution in [2.45, 2.75) is 32.4 Å². The van der Waals surface area contributed by atoms with Crippen LogP contribution in [-0.4, -0.2) is 11.9 Å². The van der Waals surface area contributed by atoms with E-state index in [2.05, 4.69) is 23.5 Å². The zero-order chi connectivity index (χ0) is 13.8. The third-order valence-electron chi connectivity index (χ3n) is 3.43. The fourth-order valence-corrected chi connectivity index (χ4v) is 2.21. The second kappa shape index (κ2) is 7.27. The first-order valence-corrected chi connectivity index (χ1v) is 6.67. The Bertz CT molecular complexity index is 580. The van der Waals surface area contributed by atoms with Crippen molar-refractivity contribution in [1.82, 2.24) is 5.32 Å². The van der Waals surface area contributed by atoms with Gasteiger partial charge in [0, 0.05) is 0 Å². The lowest BCUT2D eigenvalue weighted by Gasteiger charge is -2.18. The SMILES string of the molecule is CC[C@H](N)C(=O)NC(C)c1cccc2ccccc12.Cl. The van der Waals surface area contributed by atoms with E-state index in [4.69, 9.17) is 5.73 Å². The van der Waals surface area contributed by atoms with Crippen LogP contribution in [0.15, 0.2) is 42.5 Å². The minimum Gasteiger partial charge on any atom is -0.348 e. The molecule has 0 aliphatic heterocycles. The highest BCUT2D eigenvalue weighted by Gasteiger charge is 2.16. The van der Waals surface area contributed by atoms with E-state index in [9.17, 15) is 4.79 Å². The van der Waals surface area contributed by atoms with Crippen LogP contribution in [0.2, 0.25) is 0 Å². The maximum Gasteiger partial charge on any atom is 0.237 e. The van der Waals surface area contributed by atoms with Crippen LogP contribution in [0.25, 0.3) is 10.8 Å². The third-order valence-corrected chi connectivity index (χ3v) is 3.43. The first-order chi connectivity index (χ1) is 9.13. The van der Waals surface area contributed by atoms with Crippen LogP contribution in [0.4, 0.5) is 0 Å². The van der Waals surface area contributed by atoms with Crippen molar-refractivity contribution in [2.75, 3.05) is 0 Å². The summed E-state index contributed by atoms with van der Waals surface area (Å²) < 4.78 is 0. The second-order valence-corrected chi connectivity index (χ2v) is 4.81. The zero-order valence-electron chi connectivity index (χ0n) is 11.8. The van der Waals surface area contributed by atoms with Crippen LogP contribution >= 0.6 is 12.4 Å². The Balaban J connectivity index is 0.00000200. The Hall–Kier alpha value is -1.58. The van der Waals surface area contributed by atoms with Crippen molar-refractivity contribution in [1.29, 1.82) is 0 Å². The lowest BCUT2D eigenvalue weighted by atomic mass is 9.99. The van der Waals surface area contributed by atoms with Crippen LogP contribution in [0.5, 0.6) is 0 Å². The van der Waals surface area contributed by atoms with Crippen LogP contribution in [0, 0.1) is 0 Å². The molecule has 20 heavy (non-hydrogen) atoms. The highest BCUT2D eigenvalue weighted by molar-refractivity contribution is 5.87. The molecule has 0 heterocycles. The van der Waals surface area contributed by atoms with Crippen LogP contribution < -0.4 is 11.1 Å². The molecule has 0 bridgehead atoms. The zero-order valence-corrected chi connectivity index (χ0v) is 12.6. The molecule has 1 amide bonds. The largest absolute Gasteiger partial charge is 0.348 e. The second-order valence-electron chi connectivity index (χ2n) is 4.81. The van der Waals surface area contributed by atoms with Crippen molar-refractivity contribution in [3.05, 3.63) is 48.0 Å². The molecule has 0 radical (unpaired) electrons. The van der Waals surface area contributed by atoms with E-state index in [1.807, 2.05) is 38.1 Å². The number of carbonyl (C=O) groups excluding carboxylic acids is 1. The molecule has 0 saturated heterocycles. The number of nitrogens with one attached hydrogen (secondary N) is 1. The van der Waals surface area contributed by atoms with Crippen molar-refractivity contribution < 1.29 is 4.79 Å². The van der Waals surface area contributed by atoms with Gasteiger partial charge in [-0.25, -0.2) is 0 Å². The molecule has 0 spiro atoms.